The van der Waals surface area contributed by atoms with Crippen molar-refractivity contribution in [2.24, 2.45) is 0 Å². The molecule has 84 valence electrons. The average molecular weight is 209 g/mol. The summed E-state index contributed by atoms with van der Waals surface area (Å²) in [7, 11) is 0. The molecule has 0 radical (unpaired) electrons. The minimum atomic E-state index is -0.252. The van der Waals surface area contributed by atoms with E-state index in [9.17, 15) is 0 Å². The van der Waals surface area contributed by atoms with Gasteiger partial charge in [0.25, 0.3) is 0 Å². The van der Waals surface area contributed by atoms with Crippen molar-refractivity contribution in [3.8, 4) is 0 Å². The first-order valence-corrected chi connectivity index (χ1v) is 5.49. The van der Waals surface area contributed by atoms with Crippen LogP contribution in [0, 0.1) is 0 Å². The first-order valence-electron chi connectivity index (χ1n) is 5.49. The third-order valence-corrected chi connectivity index (χ3v) is 2.21. The molecular formula is C12H19NO2. The summed E-state index contributed by atoms with van der Waals surface area (Å²) in [4.78, 5) is 4.11. The van der Waals surface area contributed by atoms with Crippen LogP contribution in [-0.4, -0.2) is 18.2 Å². The molecule has 3 nitrogen and oxygen atoms in total. The summed E-state index contributed by atoms with van der Waals surface area (Å²) in [5, 5.41) is 0. The minimum Gasteiger partial charge on any atom is -0.349 e. The van der Waals surface area contributed by atoms with Crippen LogP contribution in [-0.2, 0) is 15.9 Å². The molecule has 0 amide bonds. The first-order chi connectivity index (χ1) is 7.33. The third-order valence-electron chi connectivity index (χ3n) is 2.21. The summed E-state index contributed by atoms with van der Waals surface area (Å²) < 4.78 is 11.1. The Labute approximate surface area is 91.4 Å². The van der Waals surface area contributed by atoms with Crippen molar-refractivity contribution in [2.75, 3.05) is 13.2 Å². The molecule has 0 bridgehead atoms. The van der Waals surface area contributed by atoms with Crippen molar-refractivity contribution >= 4 is 0 Å². The zero-order valence-electron chi connectivity index (χ0n) is 9.69. The van der Waals surface area contributed by atoms with Gasteiger partial charge in [-0.1, -0.05) is 6.92 Å². The molecule has 3 heteroatoms. The molecule has 0 aromatic carbocycles. The Kier molecular flexibility index (Phi) is 5.29. The highest BCUT2D eigenvalue weighted by Gasteiger charge is 2.14. The van der Waals surface area contributed by atoms with Gasteiger partial charge in [-0.25, -0.2) is 0 Å². The second-order valence-corrected chi connectivity index (χ2v) is 3.17. The topological polar surface area (TPSA) is 31.4 Å². The predicted molar refractivity (Wildman–Crippen MR) is 59.6 cm³/mol. The van der Waals surface area contributed by atoms with E-state index >= 15 is 0 Å². The van der Waals surface area contributed by atoms with Crippen LogP contribution < -0.4 is 0 Å². The van der Waals surface area contributed by atoms with Crippen molar-refractivity contribution in [3.05, 3.63) is 29.6 Å². The number of aromatic nitrogens is 1. The van der Waals surface area contributed by atoms with Crippen molar-refractivity contribution in [2.45, 2.75) is 33.5 Å². The second-order valence-electron chi connectivity index (χ2n) is 3.17. The lowest BCUT2D eigenvalue weighted by Crippen LogP contribution is -2.11. The average Bonchev–Trinajstić information content (AvgIpc) is 2.29. The lowest BCUT2D eigenvalue weighted by atomic mass is 10.1. The van der Waals surface area contributed by atoms with Gasteiger partial charge in [0.05, 0.1) is 0 Å². The smallest absolute Gasteiger partial charge is 0.184 e. The highest BCUT2D eigenvalue weighted by molar-refractivity contribution is 5.24. The Hall–Kier alpha value is -0.930. The third kappa shape index (κ3) is 3.29. The van der Waals surface area contributed by atoms with Crippen molar-refractivity contribution in [3.63, 3.8) is 0 Å². The van der Waals surface area contributed by atoms with E-state index in [0.717, 1.165) is 12.0 Å². The molecule has 0 aliphatic heterocycles. The first kappa shape index (κ1) is 12.1. The van der Waals surface area contributed by atoms with Gasteiger partial charge in [0.15, 0.2) is 6.29 Å². The van der Waals surface area contributed by atoms with Gasteiger partial charge in [-0.3, -0.25) is 4.98 Å². The highest BCUT2D eigenvalue weighted by atomic mass is 16.7. The Bertz CT molecular complexity index is 283. The van der Waals surface area contributed by atoms with Gasteiger partial charge in [-0.2, -0.15) is 0 Å². The van der Waals surface area contributed by atoms with Crippen molar-refractivity contribution in [1.29, 1.82) is 0 Å². The number of pyridine rings is 1. The summed E-state index contributed by atoms with van der Waals surface area (Å²) in [6.07, 6.45) is 4.35. The fourth-order valence-electron chi connectivity index (χ4n) is 1.49. The number of hydrogen-bond acceptors (Lipinski definition) is 3. The van der Waals surface area contributed by atoms with Crippen LogP contribution in [0.5, 0.6) is 0 Å². The standard InChI is InChI=1S/C12H19NO2/c1-4-10-9-13-8-7-11(10)12(14-5-2)15-6-3/h7-9,12H,4-6H2,1-3H3. The molecule has 1 heterocycles. The Morgan fingerprint density at radius 2 is 1.87 bits per heavy atom. The van der Waals surface area contributed by atoms with Crippen LogP contribution >= 0.6 is 0 Å². The van der Waals surface area contributed by atoms with E-state index in [-0.39, 0.29) is 6.29 Å². The molecule has 1 aromatic rings. The molecule has 0 fully saturated rings. The van der Waals surface area contributed by atoms with Crippen LogP contribution in [0.3, 0.4) is 0 Å². The molecule has 15 heavy (non-hydrogen) atoms. The van der Waals surface area contributed by atoms with E-state index in [1.807, 2.05) is 26.1 Å². The van der Waals surface area contributed by atoms with Gasteiger partial charge < -0.3 is 9.47 Å². The van der Waals surface area contributed by atoms with E-state index in [2.05, 4.69) is 11.9 Å². The molecule has 0 aliphatic carbocycles. The molecule has 0 saturated heterocycles. The lowest BCUT2D eigenvalue weighted by Gasteiger charge is -2.19. The number of hydrogen-bond donors (Lipinski definition) is 0. The van der Waals surface area contributed by atoms with Crippen LogP contribution in [0.25, 0.3) is 0 Å². The molecule has 0 atom stereocenters. The van der Waals surface area contributed by atoms with Gasteiger partial charge >= 0.3 is 0 Å². The molecule has 0 spiro atoms. The monoisotopic (exact) mass is 209 g/mol. The maximum absolute atomic E-state index is 5.56. The van der Waals surface area contributed by atoms with E-state index < -0.39 is 0 Å². The molecule has 1 rings (SSSR count). The van der Waals surface area contributed by atoms with Crippen LogP contribution in [0.2, 0.25) is 0 Å². The summed E-state index contributed by atoms with van der Waals surface area (Å²) in [6.45, 7) is 7.35. The zero-order valence-corrected chi connectivity index (χ0v) is 9.69. The van der Waals surface area contributed by atoms with E-state index in [4.69, 9.17) is 9.47 Å². The predicted octanol–water partition coefficient (Wildman–Crippen LogP) is 2.72. The summed E-state index contributed by atoms with van der Waals surface area (Å²) in [5.74, 6) is 0. The van der Waals surface area contributed by atoms with Crippen LogP contribution in [0.1, 0.15) is 38.2 Å². The molecule has 0 N–H and O–H groups in total. The summed E-state index contributed by atoms with van der Waals surface area (Å²) in [6, 6.07) is 1.97. The van der Waals surface area contributed by atoms with Gasteiger partial charge in [0.1, 0.15) is 0 Å². The Morgan fingerprint density at radius 3 is 2.40 bits per heavy atom. The highest BCUT2D eigenvalue weighted by Crippen LogP contribution is 2.22. The Morgan fingerprint density at radius 1 is 1.20 bits per heavy atom. The van der Waals surface area contributed by atoms with E-state index in [1.165, 1.54) is 5.56 Å². The molecule has 0 saturated carbocycles. The van der Waals surface area contributed by atoms with E-state index in [0.29, 0.717) is 13.2 Å². The number of ether oxygens (including phenoxy) is 2. The Balaban J connectivity index is 2.88. The second kappa shape index (κ2) is 6.53. The largest absolute Gasteiger partial charge is 0.349 e. The summed E-state index contributed by atoms with van der Waals surface area (Å²) in [5.41, 5.74) is 2.28. The summed E-state index contributed by atoms with van der Waals surface area (Å²) >= 11 is 0. The number of nitrogens with zero attached hydrogens (tertiary/aromatic N) is 1. The van der Waals surface area contributed by atoms with E-state index in [1.54, 1.807) is 6.20 Å². The maximum Gasteiger partial charge on any atom is 0.184 e. The van der Waals surface area contributed by atoms with Crippen LogP contribution in [0.4, 0.5) is 0 Å². The van der Waals surface area contributed by atoms with Crippen molar-refractivity contribution < 1.29 is 9.47 Å². The normalized spacial score (nSPS) is 10.9. The quantitative estimate of drug-likeness (QED) is 0.675. The fourth-order valence-corrected chi connectivity index (χ4v) is 1.49. The SMILES string of the molecule is CCOC(OCC)c1ccncc1CC. The number of rotatable bonds is 6. The fraction of sp³-hybridized carbons (Fsp3) is 0.583. The zero-order chi connectivity index (χ0) is 11.1. The van der Waals surface area contributed by atoms with Crippen LogP contribution in [0.15, 0.2) is 18.5 Å². The van der Waals surface area contributed by atoms with Crippen molar-refractivity contribution in [1.82, 2.24) is 4.98 Å². The minimum absolute atomic E-state index is 0.252. The molecule has 0 aliphatic rings. The van der Waals surface area contributed by atoms with Gasteiger partial charge in [0, 0.05) is 31.2 Å². The van der Waals surface area contributed by atoms with Gasteiger partial charge in [0.2, 0.25) is 0 Å². The lowest BCUT2D eigenvalue weighted by molar-refractivity contribution is -0.140. The molecule has 0 unspecified atom stereocenters. The molecule has 1 aromatic heterocycles. The van der Waals surface area contributed by atoms with Gasteiger partial charge in [-0.05, 0) is 31.9 Å². The number of aryl methyl sites for hydroxylation is 1. The van der Waals surface area contributed by atoms with Gasteiger partial charge in [-0.15, -0.1) is 0 Å². The maximum atomic E-state index is 5.56. The molecular weight excluding hydrogens is 190 g/mol.